The normalized spacial score (nSPS) is 28.0. The van der Waals surface area contributed by atoms with Gasteiger partial charge in [-0.15, -0.1) is 0 Å². The molecule has 3 atom stereocenters. The molecule has 2 heterocycles. The molecular weight excluding hydrogens is 339 g/mol. The number of hydrogen-bond donors (Lipinski definition) is 2. The van der Waals surface area contributed by atoms with Gasteiger partial charge in [-0.3, -0.25) is 4.79 Å². The molecule has 1 aromatic rings. The van der Waals surface area contributed by atoms with Gasteiger partial charge in [0.2, 0.25) is 5.91 Å². The fourth-order valence-corrected chi connectivity index (χ4v) is 3.39. The van der Waals surface area contributed by atoms with Gasteiger partial charge < -0.3 is 20.1 Å². The lowest BCUT2D eigenvalue weighted by Crippen LogP contribution is -2.50. The Hall–Kier alpha value is -1.01. The molecule has 0 radical (unpaired) electrons. The molecule has 2 fully saturated rings. The third-order valence-electron chi connectivity index (χ3n) is 4.29. The Labute approximate surface area is 145 Å². The molecule has 0 unspecified atom stereocenters. The van der Waals surface area contributed by atoms with E-state index in [1.165, 1.54) is 0 Å². The first kappa shape index (κ1) is 16.8. The van der Waals surface area contributed by atoms with Crippen LogP contribution >= 0.6 is 23.2 Å². The number of benzene rings is 1. The predicted octanol–water partition coefficient (Wildman–Crippen LogP) is 2.09. The van der Waals surface area contributed by atoms with Crippen LogP contribution in [0.25, 0.3) is 0 Å². The van der Waals surface area contributed by atoms with Gasteiger partial charge in [-0.2, -0.15) is 0 Å². The highest BCUT2D eigenvalue weighted by molar-refractivity contribution is 6.42. The summed E-state index contributed by atoms with van der Waals surface area (Å²) in [6, 6.07) is 4.90. The molecule has 1 aromatic carbocycles. The zero-order chi connectivity index (χ0) is 16.4. The van der Waals surface area contributed by atoms with Crippen molar-refractivity contribution in [2.24, 2.45) is 0 Å². The third-order valence-corrected chi connectivity index (χ3v) is 5.03. The summed E-state index contributed by atoms with van der Waals surface area (Å²) >= 11 is 11.9. The second-order valence-electron chi connectivity index (χ2n) is 6.09. The van der Waals surface area contributed by atoms with Gasteiger partial charge in [0, 0.05) is 19.2 Å². The van der Waals surface area contributed by atoms with Crippen molar-refractivity contribution in [3.8, 4) is 5.75 Å². The summed E-state index contributed by atoms with van der Waals surface area (Å²) in [6.45, 7) is 1.76. The van der Waals surface area contributed by atoms with Crippen molar-refractivity contribution in [3.63, 3.8) is 0 Å². The molecule has 0 aliphatic carbocycles. The quantitative estimate of drug-likeness (QED) is 0.868. The zero-order valence-corrected chi connectivity index (χ0v) is 14.2. The van der Waals surface area contributed by atoms with Crippen LogP contribution in [0.4, 0.5) is 0 Å². The van der Waals surface area contributed by atoms with Crippen LogP contribution in [0.5, 0.6) is 5.75 Å². The number of aliphatic hydroxyl groups is 1. The minimum atomic E-state index is -0.433. The van der Waals surface area contributed by atoms with Crippen LogP contribution < -0.4 is 10.1 Å². The fourth-order valence-electron chi connectivity index (χ4n) is 3.10. The van der Waals surface area contributed by atoms with E-state index in [1.54, 1.807) is 18.2 Å². The number of piperidine rings is 1. The van der Waals surface area contributed by atoms with Crippen molar-refractivity contribution < 1.29 is 14.6 Å². The van der Waals surface area contributed by atoms with Crippen molar-refractivity contribution in [1.82, 2.24) is 10.2 Å². The number of β-amino-alcohol motifs (C(OH)–C–C–N with tert-alkyl or cyclic N) is 1. The molecule has 2 aliphatic rings. The lowest BCUT2D eigenvalue weighted by Gasteiger charge is -2.34. The van der Waals surface area contributed by atoms with Gasteiger partial charge in [0.1, 0.15) is 11.9 Å². The van der Waals surface area contributed by atoms with Crippen LogP contribution in [0, 0.1) is 0 Å². The molecule has 2 N–H and O–H groups in total. The SMILES string of the molecule is O=C([C@@H]1C[C@@H](O)CN1)N1CCC[C@H](Oc2ccc(Cl)c(Cl)c2)C1. The Morgan fingerprint density at radius 1 is 1.35 bits per heavy atom. The molecule has 0 bridgehead atoms. The van der Waals surface area contributed by atoms with Gasteiger partial charge in [0.25, 0.3) is 0 Å². The number of likely N-dealkylation sites (tertiary alicyclic amines) is 1. The maximum atomic E-state index is 12.5. The summed E-state index contributed by atoms with van der Waals surface area (Å²) in [4.78, 5) is 14.3. The highest BCUT2D eigenvalue weighted by Crippen LogP contribution is 2.28. The Morgan fingerprint density at radius 2 is 2.17 bits per heavy atom. The van der Waals surface area contributed by atoms with Gasteiger partial charge in [0.05, 0.1) is 28.7 Å². The molecule has 0 saturated carbocycles. The van der Waals surface area contributed by atoms with Crippen molar-refractivity contribution >= 4 is 29.1 Å². The Kier molecular flexibility index (Phi) is 5.31. The number of hydrogen-bond acceptors (Lipinski definition) is 4. The highest BCUT2D eigenvalue weighted by Gasteiger charge is 2.34. The second-order valence-corrected chi connectivity index (χ2v) is 6.91. The van der Waals surface area contributed by atoms with Crippen molar-refractivity contribution in [2.45, 2.75) is 37.5 Å². The molecular formula is C16H20Cl2N2O3. The fraction of sp³-hybridized carbons (Fsp3) is 0.562. The molecule has 23 heavy (non-hydrogen) atoms. The molecule has 2 aliphatic heterocycles. The van der Waals surface area contributed by atoms with E-state index in [2.05, 4.69) is 5.32 Å². The molecule has 2 saturated heterocycles. The van der Waals surface area contributed by atoms with Crippen LogP contribution in [-0.4, -0.2) is 53.8 Å². The van der Waals surface area contributed by atoms with E-state index >= 15 is 0 Å². The van der Waals surface area contributed by atoms with E-state index in [0.717, 1.165) is 19.4 Å². The summed E-state index contributed by atoms with van der Waals surface area (Å²) < 4.78 is 5.95. The molecule has 7 heteroatoms. The first-order valence-electron chi connectivity index (χ1n) is 7.85. The van der Waals surface area contributed by atoms with E-state index in [9.17, 15) is 9.90 Å². The minimum Gasteiger partial charge on any atom is -0.489 e. The second kappa shape index (κ2) is 7.26. The summed E-state index contributed by atoms with van der Waals surface area (Å²) in [5.74, 6) is 0.706. The monoisotopic (exact) mass is 358 g/mol. The largest absolute Gasteiger partial charge is 0.489 e. The Morgan fingerprint density at radius 3 is 2.87 bits per heavy atom. The third kappa shape index (κ3) is 4.10. The van der Waals surface area contributed by atoms with Crippen LogP contribution in [0.1, 0.15) is 19.3 Å². The standard InChI is InChI=1S/C16H20Cl2N2O3/c17-13-4-3-11(7-14(13)18)23-12-2-1-5-20(9-12)16(22)15-6-10(21)8-19-15/h3-4,7,10,12,15,19,21H,1-2,5-6,8-9H2/t10-,12+,15+/m1/s1. The number of halogens is 2. The molecule has 0 aromatic heterocycles. The van der Waals surface area contributed by atoms with Crippen molar-refractivity contribution in [1.29, 1.82) is 0 Å². The number of ether oxygens (including phenoxy) is 1. The number of nitrogens with one attached hydrogen (secondary N) is 1. The summed E-state index contributed by atoms with van der Waals surface area (Å²) in [6.07, 6.45) is 1.78. The van der Waals surface area contributed by atoms with E-state index < -0.39 is 6.10 Å². The van der Waals surface area contributed by atoms with Gasteiger partial charge in [-0.25, -0.2) is 0 Å². The van der Waals surface area contributed by atoms with Crippen LogP contribution in [0.2, 0.25) is 10.0 Å². The first-order valence-corrected chi connectivity index (χ1v) is 8.60. The smallest absolute Gasteiger partial charge is 0.239 e. The average Bonchev–Trinajstić information content (AvgIpc) is 2.97. The van der Waals surface area contributed by atoms with Gasteiger partial charge in [-0.1, -0.05) is 23.2 Å². The highest BCUT2D eigenvalue weighted by atomic mass is 35.5. The predicted molar refractivity (Wildman–Crippen MR) is 89.1 cm³/mol. The topological polar surface area (TPSA) is 61.8 Å². The number of aliphatic hydroxyl groups excluding tert-OH is 1. The number of carbonyl (C=O) groups excluding carboxylic acids is 1. The summed E-state index contributed by atoms with van der Waals surface area (Å²) in [5, 5.41) is 13.6. The van der Waals surface area contributed by atoms with Gasteiger partial charge >= 0.3 is 0 Å². The number of nitrogens with zero attached hydrogens (tertiary/aromatic N) is 1. The van der Waals surface area contributed by atoms with E-state index in [0.29, 0.717) is 35.3 Å². The lowest BCUT2D eigenvalue weighted by molar-refractivity contribution is -0.135. The minimum absolute atomic E-state index is 0.0454. The first-order chi connectivity index (χ1) is 11.0. The number of rotatable bonds is 3. The Bertz CT molecular complexity index is 584. The summed E-state index contributed by atoms with van der Waals surface area (Å²) in [5.41, 5.74) is 0. The number of amides is 1. The Balaban J connectivity index is 1.59. The molecule has 5 nitrogen and oxygen atoms in total. The van der Waals surface area contributed by atoms with Gasteiger partial charge in [0.15, 0.2) is 0 Å². The van der Waals surface area contributed by atoms with E-state index in [-0.39, 0.29) is 18.1 Å². The molecule has 1 amide bonds. The van der Waals surface area contributed by atoms with E-state index in [4.69, 9.17) is 27.9 Å². The van der Waals surface area contributed by atoms with Gasteiger partial charge in [-0.05, 0) is 31.4 Å². The molecule has 3 rings (SSSR count). The molecule has 126 valence electrons. The lowest BCUT2D eigenvalue weighted by atomic mass is 10.1. The van der Waals surface area contributed by atoms with E-state index in [1.807, 2.05) is 4.90 Å². The van der Waals surface area contributed by atoms with Crippen LogP contribution in [0.15, 0.2) is 18.2 Å². The van der Waals surface area contributed by atoms with Crippen molar-refractivity contribution in [3.05, 3.63) is 28.2 Å². The van der Waals surface area contributed by atoms with Crippen LogP contribution in [0.3, 0.4) is 0 Å². The van der Waals surface area contributed by atoms with Crippen LogP contribution in [-0.2, 0) is 4.79 Å². The maximum absolute atomic E-state index is 12.5. The van der Waals surface area contributed by atoms with Crippen molar-refractivity contribution in [2.75, 3.05) is 19.6 Å². The summed E-state index contributed by atoms with van der Waals surface area (Å²) in [7, 11) is 0. The average molecular weight is 359 g/mol. The zero-order valence-electron chi connectivity index (χ0n) is 12.7. The number of carbonyl (C=O) groups is 1. The molecule has 0 spiro atoms. The maximum Gasteiger partial charge on any atom is 0.239 e.